The number of allylic oxidation sites excluding steroid dienone is 3. The van der Waals surface area contributed by atoms with Crippen LogP contribution in [0.3, 0.4) is 0 Å². The molecule has 0 bridgehead atoms. The lowest BCUT2D eigenvalue weighted by Gasteiger charge is -2.24. The second-order valence-electron chi connectivity index (χ2n) is 11.3. The highest BCUT2D eigenvalue weighted by atomic mass is 19.1. The van der Waals surface area contributed by atoms with Crippen LogP contribution in [0.4, 0.5) is 4.39 Å². The zero-order chi connectivity index (χ0) is 35.1. The highest BCUT2D eigenvalue weighted by Crippen LogP contribution is 2.22. The average Bonchev–Trinajstić information content (AvgIpc) is 3.08. The van der Waals surface area contributed by atoms with E-state index in [-0.39, 0.29) is 11.5 Å². The third-order valence-electron chi connectivity index (χ3n) is 7.72. The number of carbonyl (C=O) groups excluding carboxylic acids is 1. The first-order valence-corrected chi connectivity index (χ1v) is 17.0. The fourth-order valence-electron chi connectivity index (χ4n) is 4.70. The van der Waals surface area contributed by atoms with Crippen molar-refractivity contribution in [2.24, 2.45) is 5.73 Å². The summed E-state index contributed by atoms with van der Waals surface area (Å²) in [7, 11) is 1.80. The van der Waals surface area contributed by atoms with E-state index in [0.29, 0.717) is 47.4 Å². The fourth-order valence-corrected chi connectivity index (χ4v) is 4.70. The zero-order valence-corrected chi connectivity index (χ0v) is 30.1. The van der Waals surface area contributed by atoms with Crippen molar-refractivity contribution in [2.75, 3.05) is 13.7 Å². The van der Waals surface area contributed by atoms with Gasteiger partial charge in [0.15, 0.2) is 0 Å². The maximum atomic E-state index is 13.7. The molecule has 1 aliphatic heterocycles. The molecular formula is C40H60FN3O2. The summed E-state index contributed by atoms with van der Waals surface area (Å²) in [6.07, 6.45) is 12.1. The molecule has 5 nitrogen and oxygen atoms in total. The van der Waals surface area contributed by atoms with Gasteiger partial charge in [-0.3, -0.25) is 4.79 Å². The summed E-state index contributed by atoms with van der Waals surface area (Å²) >= 11 is 0. The number of carbonyl (C=O) groups is 1. The number of benzene rings is 2. The number of rotatable bonds is 11. The van der Waals surface area contributed by atoms with Crippen LogP contribution in [0.5, 0.6) is 0 Å². The first-order chi connectivity index (χ1) is 22.0. The summed E-state index contributed by atoms with van der Waals surface area (Å²) < 4.78 is 19.0. The molecule has 0 radical (unpaired) electrons. The van der Waals surface area contributed by atoms with E-state index in [0.717, 1.165) is 12.8 Å². The minimum Gasteiger partial charge on any atom is -0.401 e. The number of amides is 1. The fraction of sp³-hybridized carbons (Fsp3) is 0.500. The maximum Gasteiger partial charge on any atom is 0.253 e. The summed E-state index contributed by atoms with van der Waals surface area (Å²) in [5.74, 6) is -0.00770. The van der Waals surface area contributed by atoms with Crippen molar-refractivity contribution in [3.63, 3.8) is 0 Å². The van der Waals surface area contributed by atoms with Crippen LogP contribution >= 0.6 is 0 Å². The van der Waals surface area contributed by atoms with Crippen LogP contribution in [-0.2, 0) is 9.53 Å². The maximum absolute atomic E-state index is 13.7. The summed E-state index contributed by atoms with van der Waals surface area (Å²) in [6.45, 7) is 21.4. The average molecular weight is 634 g/mol. The SMILES string of the molecule is C=C(/C=C(\CC)C(=O)N1C=C(N)CCC1)c1ccc(C#N)c(F)c1.CC.CCC(C)c1ccc(C)cc1.CCCC(CCC)OC. The third-order valence-corrected chi connectivity index (χ3v) is 7.72. The molecular weight excluding hydrogens is 573 g/mol. The van der Waals surface area contributed by atoms with Gasteiger partial charge >= 0.3 is 0 Å². The molecule has 2 aromatic carbocycles. The molecule has 0 saturated carbocycles. The number of ether oxygens (including phenoxy) is 1. The summed E-state index contributed by atoms with van der Waals surface area (Å²) in [4.78, 5) is 14.2. The first kappa shape index (κ1) is 42.3. The van der Waals surface area contributed by atoms with Crippen LogP contribution in [0, 0.1) is 24.1 Å². The molecule has 0 saturated heterocycles. The van der Waals surface area contributed by atoms with Gasteiger partial charge in [0, 0.05) is 31.1 Å². The second kappa shape index (κ2) is 24.5. The van der Waals surface area contributed by atoms with Crippen molar-refractivity contribution < 1.29 is 13.9 Å². The van der Waals surface area contributed by atoms with E-state index in [9.17, 15) is 9.18 Å². The molecule has 1 heterocycles. The Labute approximate surface area is 280 Å². The molecule has 0 aliphatic carbocycles. The standard InChI is InChI=1S/C19H20FN3O.C11H16.C8H18O.C2H6/c1-3-14(19(24)23-8-4-5-17(22)12-23)9-13(2)15-6-7-16(11-21)18(20)10-15;1-4-10(3)11-7-5-9(2)6-8-11;1-4-6-8(9-3)7-5-2;1-2/h6-7,9-10,12H,2-5,8,22H2,1H3;5-8,10H,4H2,1-3H3;8H,4-7H2,1-3H3;1-2H3/b14-9+;;;. The molecule has 1 atom stereocenters. The summed E-state index contributed by atoms with van der Waals surface area (Å²) in [5.41, 5.74) is 10.9. The van der Waals surface area contributed by atoms with Gasteiger partial charge in [-0.1, -0.05) is 104 Å². The third kappa shape index (κ3) is 15.5. The number of hydrogen-bond acceptors (Lipinski definition) is 4. The highest BCUT2D eigenvalue weighted by molar-refractivity contribution is 5.97. The van der Waals surface area contributed by atoms with Crippen LogP contribution in [0.15, 0.2) is 72.6 Å². The van der Waals surface area contributed by atoms with E-state index >= 15 is 0 Å². The van der Waals surface area contributed by atoms with Gasteiger partial charge < -0.3 is 15.4 Å². The Morgan fingerprint density at radius 1 is 1.11 bits per heavy atom. The van der Waals surface area contributed by atoms with E-state index in [1.807, 2.05) is 20.8 Å². The number of hydrogen-bond donors (Lipinski definition) is 1. The number of methoxy groups -OCH3 is 1. The van der Waals surface area contributed by atoms with Crippen molar-refractivity contribution in [1.82, 2.24) is 4.90 Å². The Bertz CT molecular complexity index is 1270. The number of nitrogens with zero attached hydrogens (tertiary/aromatic N) is 2. The zero-order valence-electron chi connectivity index (χ0n) is 30.1. The predicted octanol–water partition coefficient (Wildman–Crippen LogP) is 10.6. The second-order valence-corrected chi connectivity index (χ2v) is 11.3. The number of aryl methyl sites for hydroxylation is 1. The Morgan fingerprint density at radius 2 is 1.72 bits per heavy atom. The molecule has 0 fully saturated rings. The molecule has 0 aromatic heterocycles. The first-order valence-electron chi connectivity index (χ1n) is 17.0. The Hall–Kier alpha value is -3.69. The smallest absolute Gasteiger partial charge is 0.253 e. The Kier molecular flexibility index (Phi) is 22.6. The molecule has 2 N–H and O–H groups in total. The number of nitriles is 1. The lowest BCUT2D eigenvalue weighted by Crippen LogP contribution is -2.32. The van der Waals surface area contributed by atoms with E-state index in [1.165, 1.54) is 55.4 Å². The minimum absolute atomic E-state index is 0.0174. The highest BCUT2D eigenvalue weighted by Gasteiger charge is 2.19. The van der Waals surface area contributed by atoms with E-state index in [4.69, 9.17) is 15.7 Å². The molecule has 3 rings (SSSR count). The minimum atomic E-state index is -0.597. The van der Waals surface area contributed by atoms with Crippen LogP contribution in [0.1, 0.15) is 128 Å². The van der Waals surface area contributed by atoms with Crippen molar-refractivity contribution in [3.8, 4) is 6.07 Å². The van der Waals surface area contributed by atoms with Gasteiger partial charge in [0.2, 0.25) is 0 Å². The van der Waals surface area contributed by atoms with Crippen LogP contribution in [0.25, 0.3) is 5.57 Å². The summed E-state index contributed by atoms with van der Waals surface area (Å²) in [6, 6.07) is 14.9. The molecule has 2 aromatic rings. The predicted molar refractivity (Wildman–Crippen MR) is 194 cm³/mol. The monoisotopic (exact) mass is 633 g/mol. The van der Waals surface area contributed by atoms with Crippen LogP contribution < -0.4 is 5.73 Å². The summed E-state index contributed by atoms with van der Waals surface area (Å²) in [5, 5.41) is 8.78. The quantitative estimate of drug-likeness (QED) is 0.197. The molecule has 46 heavy (non-hydrogen) atoms. The molecule has 0 spiro atoms. The van der Waals surface area contributed by atoms with Gasteiger partial charge in [-0.15, -0.1) is 0 Å². The Morgan fingerprint density at radius 3 is 2.17 bits per heavy atom. The van der Waals surface area contributed by atoms with Crippen molar-refractivity contribution in [1.29, 1.82) is 5.26 Å². The Balaban J connectivity index is 0.000000760. The van der Waals surface area contributed by atoms with Crippen molar-refractivity contribution in [2.45, 2.75) is 119 Å². The number of nitrogens with two attached hydrogens (primary N) is 1. The molecule has 1 amide bonds. The lowest BCUT2D eigenvalue weighted by molar-refractivity contribution is -0.125. The van der Waals surface area contributed by atoms with Crippen LogP contribution in [0.2, 0.25) is 0 Å². The van der Waals surface area contributed by atoms with Crippen LogP contribution in [-0.4, -0.2) is 30.6 Å². The van der Waals surface area contributed by atoms with E-state index < -0.39 is 5.82 Å². The van der Waals surface area contributed by atoms with E-state index in [1.54, 1.807) is 36.4 Å². The van der Waals surface area contributed by atoms with Gasteiger partial charge in [-0.05, 0) is 86.3 Å². The van der Waals surface area contributed by atoms with Gasteiger partial charge in [0.05, 0.1) is 11.7 Å². The lowest BCUT2D eigenvalue weighted by atomic mass is 9.98. The van der Waals surface area contributed by atoms with Crippen molar-refractivity contribution >= 4 is 11.5 Å². The van der Waals surface area contributed by atoms with E-state index in [2.05, 4.69) is 65.5 Å². The number of halogens is 1. The molecule has 1 unspecified atom stereocenters. The van der Waals surface area contributed by atoms with Gasteiger partial charge in [0.1, 0.15) is 11.9 Å². The molecule has 6 heteroatoms. The van der Waals surface area contributed by atoms with Crippen molar-refractivity contribution in [3.05, 3.63) is 101 Å². The largest absolute Gasteiger partial charge is 0.401 e. The molecule has 254 valence electrons. The van der Waals surface area contributed by atoms with Gasteiger partial charge in [-0.25, -0.2) is 4.39 Å². The molecule has 1 aliphatic rings. The normalized spacial score (nSPS) is 13.0. The van der Waals surface area contributed by atoms with Gasteiger partial charge in [0.25, 0.3) is 5.91 Å². The van der Waals surface area contributed by atoms with Gasteiger partial charge in [-0.2, -0.15) is 5.26 Å². The topological polar surface area (TPSA) is 79.4 Å².